The molecule has 2 aliphatic rings. The Kier molecular flexibility index (Phi) is 12.8. The second kappa shape index (κ2) is 18.5. The number of benzene rings is 4. The molecular weight excluding hydrogens is 735 g/mol. The van der Waals surface area contributed by atoms with Crippen LogP contribution in [0.25, 0.3) is 22.1 Å². The third-order valence-corrected chi connectivity index (χ3v) is 11.8. The fourth-order valence-corrected chi connectivity index (χ4v) is 8.85. The molecule has 3 N–H and O–H groups in total. The first-order chi connectivity index (χ1) is 28.2. The molecule has 13 nitrogen and oxygen atoms in total. The van der Waals surface area contributed by atoms with E-state index in [4.69, 9.17) is 5.11 Å². The minimum Gasteiger partial charge on any atom is -0.465 e. The molecule has 8 rings (SSSR count). The monoisotopic (exact) mass is 787 g/mol. The van der Waals surface area contributed by atoms with Gasteiger partial charge in [-0.1, -0.05) is 91.3 Å². The van der Waals surface area contributed by atoms with Gasteiger partial charge in [0, 0.05) is 58.4 Å². The number of imidazole rings is 2. The third-order valence-electron chi connectivity index (χ3n) is 11.8. The van der Waals surface area contributed by atoms with Gasteiger partial charge in [0.2, 0.25) is 0 Å². The van der Waals surface area contributed by atoms with Gasteiger partial charge in [0.05, 0.1) is 22.1 Å². The van der Waals surface area contributed by atoms with Crippen LogP contribution in [0.2, 0.25) is 0 Å². The zero-order chi connectivity index (χ0) is 40.6. The molecule has 0 saturated carbocycles. The lowest BCUT2D eigenvalue weighted by molar-refractivity contribution is 0.0944. The van der Waals surface area contributed by atoms with Crippen molar-refractivity contribution >= 4 is 34.3 Å². The van der Waals surface area contributed by atoms with E-state index in [-0.39, 0.29) is 29.4 Å². The number of carbonyl (C=O) groups is 2. The Labute approximate surface area is 337 Å². The van der Waals surface area contributed by atoms with E-state index in [0.29, 0.717) is 45.4 Å². The van der Waals surface area contributed by atoms with Gasteiger partial charge in [-0.25, -0.2) is 19.2 Å². The highest BCUT2D eigenvalue weighted by atomic mass is 16.4. The van der Waals surface area contributed by atoms with Crippen molar-refractivity contribution in [1.29, 1.82) is 0 Å². The largest absolute Gasteiger partial charge is 0.465 e. The lowest BCUT2D eigenvalue weighted by atomic mass is 9.87. The van der Waals surface area contributed by atoms with E-state index in [9.17, 15) is 24.3 Å². The zero-order valence-electron chi connectivity index (χ0n) is 33.0. The SMILES string of the molecule is Cn1c(=O)n(C2CCN(C(=O)O)CC2)c2ccccc21.O=C(O)N1CC[C@H](n2c(=O)[nH]c3ccccc32)C(CCCCN(Cc2ccccc2)Cc2ccccc2)C1. The number of H-pyrrole nitrogens is 1. The number of nitrogens with one attached hydrogen (secondary N) is 1. The molecule has 2 aliphatic heterocycles. The van der Waals surface area contributed by atoms with Crippen molar-refractivity contribution in [2.45, 2.75) is 63.7 Å². The number of aromatic nitrogens is 4. The number of nitrogens with zero attached hydrogens (tertiary/aromatic N) is 6. The highest BCUT2D eigenvalue weighted by molar-refractivity contribution is 5.76. The molecule has 0 spiro atoms. The van der Waals surface area contributed by atoms with Gasteiger partial charge < -0.3 is 25.0 Å². The summed E-state index contributed by atoms with van der Waals surface area (Å²) >= 11 is 0. The minimum absolute atomic E-state index is 0.0148. The Morgan fingerprint density at radius 2 is 1.22 bits per heavy atom. The molecule has 2 atom stereocenters. The number of piperidine rings is 2. The average molecular weight is 788 g/mol. The summed E-state index contributed by atoms with van der Waals surface area (Å²) < 4.78 is 5.34. The number of hydrogen-bond acceptors (Lipinski definition) is 5. The van der Waals surface area contributed by atoms with Crippen molar-refractivity contribution < 1.29 is 19.8 Å². The molecule has 58 heavy (non-hydrogen) atoms. The van der Waals surface area contributed by atoms with E-state index >= 15 is 0 Å². The number of unbranched alkanes of at least 4 members (excludes halogenated alkanes) is 1. The minimum atomic E-state index is -0.881. The number of carboxylic acid groups (broad SMARTS) is 2. The number of amides is 2. The standard InChI is InChI=1S/C31H36N4O3.C14H17N3O3/c36-30-32-27-16-7-8-17-29(27)35(30)28-18-20-34(31(37)38)23-26(28)15-9-10-19-33(21-24-11-3-1-4-12-24)22-25-13-5-2-6-14-25;1-15-11-4-2-3-5-12(11)17(13(15)18)10-6-8-16(9-7-10)14(19)20/h1-8,11-14,16-17,26,28H,9-10,15,18-23H2,(H,32,36)(H,37,38);2-5,10H,6-9H2,1H3,(H,19,20)/t26?,28-;/m0./s1. The summed E-state index contributed by atoms with van der Waals surface area (Å²) in [5.41, 5.74) is 6.02. The second-order valence-electron chi connectivity index (χ2n) is 15.5. The van der Waals surface area contributed by atoms with E-state index < -0.39 is 12.2 Å². The van der Waals surface area contributed by atoms with Crippen LogP contribution in [0, 0.1) is 5.92 Å². The van der Waals surface area contributed by atoms with Crippen molar-refractivity contribution in [3.8, 4) is 0 Å². The van der Waals surface area contributed by atoms with Gasteiger partial charge in [0.1, 0.15) is 0 Å². The first-order valence-electron chi connectivity index (χ1n) is 20.3. The van der Waals surface area contributed by atoms with E-state index in [1.165, 1.54) is 20.9 Å². The molecule has 0 radical (unpaired) electrons. The average Bonchev–Trinajstić information content (AvgIpc) is 3.71. The zero-order valence-corrected chi connectivity index (χ0v) is 33.0. The Morgan fingerprint density at radius 3 is 1.84 bits per heavy atom. The van der Waals surface area contributed by atoms with Crippen LogP contribution in [-0.4, -0.2) is 88.5 Å². The van der Waals surface area contributed by atoms with Crippen LogP contribution in [0.4, 0.5) is 9.59 Å². The highest BCUT2D eigenvalue weighted by Crippen LogP contribution is 2.33. The smallest absolute Gasteiger partial charge is 0.407 e. The van der Waals surface area contributed by atoms with Gasteiger partial charge in [0.15, 0.2) is 0 Å². The summed E-state index contributed by atoms with van der Waals surface area (Å²) in [6, 6.07) is 36.6. The van der Waals surface area contributed by atoms with Crippen molar-refractivity contribution in [2.24, 2.45) is 13.0 Å². The van der Waals surface area contributed by atoms with Crippen LogP contribution in [0.5, 0.6) is 0 Å². The number of aromatic amines is 1. The van der Waals surface area contributed by atoms with Gasteiger partial charge in [-0.3, -0.25) is 18.6 Å². The topological polar surface area (TPSA) is 149 Å². The number of aryl methyl sites for hydroxylation is 1. The molecule has 2 saturated heterocycles. The Morgan fingerprint density at radius 1 is 0.672 bits per heavy atom. The number of rotatable bonds is 11. The summed E-state index contributed by atoms with van der Waals surface area (Å²) in [4.78, 5) is 56.4. The summed E-state index contributed by atoms with van der Waals surface area (Å²) in [5.74, 6) is 0.0912. The Hall–Kier alpha value is -6.08. The van der Waals surface area contributed by atoms with Crippen LogP contribution < -0.4 is 11.4 Å². The first kappa shape index (κ1) is 40.1. The van der Waals surface area contributed by atoms with Gasteiger partial charge in [-0.2, -0.15) is 0 Å². The Balaban J connectivity index is 0.000000214. The normalized spacial score (nSPS) is 17.4. The molecule has 304 valence electrons. The maximum Gasteiger partial charge on any atom is 0.407 e. The van der Waals surface area contributed by atoms with Crippen LogP contribution in [0.3, 0.4) is 0 Å². The maximum absolute atomic E-state index is 12.9. The van der Waals surface area contributed by atoms with Gasteiger partial charge in [0.25, 0.3) is 0 Å². The molecule has 2 fully saturated rings. The third kappa shape index (κ3) is 9.21. The van der Waals surface area contributed by atoms with Crippen LogP contribution in [0.1, 0.15) is 61.7 Å². The Bertz CT molecular complexity index is 2370. The molecular formula is C45H53N7O6. The molecule has 0 bridgehead atoms. The second-order valence-corrected chi connectivity index (χ2v) is 15.5. The van der Waals surface area contributed by atoms with E-state index in [2.05, 4.69) is 58.4 Å². The fraction of sp³-hybridized carbons (Fsp3) is 0.378. The maximum atomic E-state index is 12.9. The number of para-hydroxylation sites is 4. The number of hydrogen-bond donors (Lipinski definition) is 3. The molecule has 4 aromatic carbocycles. The van der Waals surface area contributed by atoms with Crippen molar-refractivity contribution in [1.82, 2.24) is 33.4 Å². The van der Waals surface area contributed by atoms with E-state index in [0.717, 1.165) is 61.0 Å². The molecule has 4 heterocycles. The molecule has 2 aromatic heterocycles. The van der Waals surface area contributed by atoms with Gasteiger partial charge in [-0.15, -0.1) is 0 Å². The van der Waals surface area contributed by atoms with Crippen LogP contribution >= 0.6 is 0 Å². The van der Waals surface area contributed by atoms with Gasteiger partial charge >= 0.3 is 23.6 Å². The summed E-state index contributed by atoms with van der Waals surface area (Å²) in [6.07, 6.45) is 3.12. The van der Waals surface area contributed by atoms with Crippen molar-refractivity contribution in [3.63, 3.8) is 0 Å². The van der Waals surface area contributed by atoms with E-state index in [1.807, 2.05) is 69.8 Å². The van der Waals surface area contributed by atoms with Crippen LogP contribution in [-0.2, 0) is 20.1 Å². The lowest BCUT2D eigenvalue weighted by Crippen LogP contribution is -2.45. The lowest BCUT2D eigenvalue weighted by Gasteiger charge is -2.38. The molecule has 6 aromatic rings. The number of likely N-dealkylation sites (tertiary alicyclic amines) is 2. The molecule has 2 amide bonds. The molecule has 1 unspecified atom stereocenters. The first-order valence-corrected chi connectivity index (χ1v) is 20.3. The summed E-state index contributed by atoms with van der Waals surface area (Å²) in [5, 5.41) is 18.6. The highest BCUT2D eigenvalue weighted by Gasteiger charge is 2.34. The van der Waals surface area contributed by atoms with E-state index in [1.54, 1.807) is 11.6 Å². The summed E-state index contributed by atoms with van der Waals surface area (Å²) in [7, 11) is 1.77. The predicted octanol–water partition coefficient (Wildman–Crippen LogP) is 7.40. The fourth-order valence-electron chi connectivity index (χ4n) is 8.85. The van der Waals surface area contributed by atoms with Crippen molar-refractivity contribution in [2.75, 3.05) is 32.7 Å². The predicted molar refractivity (Wildman–Crippen MR) is 225 cm³/mol. The molecule has 13 heteroatoms. The van der Waals surface area contributed by atoms with Gasteiger partial charge in [-0.05, 0) is 80.0 Å². The number of fused-ring (bicyclic) bond motifs is 2. The van der Waals surface area contributed by atoms with Crippen molar-refractivity contribution in [3.05, 3.63) is 141 Å². The van der Waals surface area contributed by atoms with Crippen LogP contribution in [0.15, 0.2) is 119 Å². The molecule has 0 aliphatic carbocycles. The summed E-state index contributed by atoms with van der Waals surface area (Å²) in [6.45, 7) is 4.61. The quantitative estimate of drug-likeness (QED) is 0.116.